The lowest BCUT2D eigenvalue weighted by Gasteiger charge is -2.16. The molecule has 0 spiro atoms. The molecule has 0 saturated carbocycles. The lowest BCUT2D eigenvalue weighted by atomic mass is 9.94. The number of aromatic nitrogens is 3. The van der Waals surface area contributed by atoms with E-state index in [9.17, 15) is 0 Å². The molecule has 6 aromatic carbocycles. The molecule has 0 amide bonds. The monoisotopic (exact) mass is 765 g/mol. The van der Waals surface area contributed by atoms with Crippen LogP contribution in [0.4, 0.5) is 0 Å². The van der Waals surface area contributed by atoms with Gasteiger partial charge in [-0.05, 0) is 88.9 Å². The van der Waals surface area contributed by atoms with Crippen molar-refractivity contribution >= 4 is 78.6 Å². The third kappa shape index (κ3) is 5.97. The fourth-order valence-electron chi connectivity index (χ4n) is 8.25. The zero-order valence-electron chi connectivity index (χ0n) is 31.5. The number of aryl methyl sites for hydroxylation is 1. The van der Waals surface area contributed by atoms with Crippen LogP contribution in [0.5, 0.6) is 0 Å². The molecule has 1 aliphatic carbocycles. The van der Waals surface area contributed by atoms with Crippen LogP contribution in [0.3, 0.4) is 0 Å². The molecule has 0 saturated heterocycles. The first-order valence-electron chi connectivity index (χ1n) is 19.5. The zero-order chi connectivity index (χ0) is 38.6. The number of allylic oxidation sites excluding steroid dienone is 3. The maximum Gasteiger partial charge on any atom is 0.165 e. The maximum atomic E-state index is 6.45. The van der Waals surface area contributed by atoms with E-state index in [4.69, 9.17) is 23.8 Å². The van der Waals surface area contributed by atoms with Crippen molar-refractivity contribution in [1.82, 2.24) is 15.0 Å². The van der Waals surface area contributed by atoms with Gasteiger partial charge in [-0.1, -0.05) is 134 Å². The first-order valence-corrected chi connectivity index (χ1v) is 20.4. The Labute approximate surface area is 338 Å². The van der Waals surface area contributed by atoms with Gasteiger partial charge in [0.2, 0.25) is 0 Å². The van der Waals surface area contributed by atoms with Crippen LogP contribution < -0.4 is 10.6 Å². The summed E-state index contributed by atoms with van der Waals surface area (Å²) in [7, 11) is 0. The largest absolute Gasteiger partial charge is 0.456 e. The molecule has 5 nitrogen and oxygen atoms in total. The first-order chi connectivity index (χ1) is 28.6. The van der Waals surface area contributed by atoms with Crippen LogP contribution in [0.1, 0.15) is 28.2 Å². The van der Waals surface area contributed by atoms with E-state index in [1.54, 1.807) is 0 Å². The molecule has 1 aliphatic rings. The highest BCUT2D eigenvalue weighted by Crippen LogP contribution is 2.42. The fraction of sp³-hybridized carbons (Fsp3) is 0.0577. The summed E-state index contributed by atoms with van der Waals surface area (Å²) in [5, 5.41) is 5.27. The zero-order valence-corrected chi connectivity index (χ0v) is 32.3. The smallest absolute Gasteiger partial charge is 0.165 e. The molecular weight excluding hydrogens is 731 g/mol. The van der Waals surface area contributed by atoms with Crippen molar-refractivity contribution in [1.29, 1.82) is 0 Å². The van der Waals surface area contributed by atoms with Gasteiger partial charge in [-0.15, -0.1) is 11.3 Å². The third-order valence-corrected chi connectivity index (χ3v) is 12.3. The molecule has 0 unspecified atom stereocenters. The molecule has 0 aliphatic heterocycles. The quantitative estimate of drug-likeness (QED) is 0.162. The number of furan rings is 2. The summed E-state index contributed by atoms with van der Waals surface area (Å²) in [5.41, 5.74) is 11.0. The Morgan fingerprint density at radius 2 is 1.26 bits per heavy atom. The average Bonchev–Trinajstić information content (AvgIpc) is 3.95. The van der Waals surface area contributed by atoms with Gasteiger partial charge in [0, 0.05) is 42.1 Å². The Morgan fingerprint density at radius 3 is 2.09 bits per heavy atom. The third-order valence-electron chi connectivity index (χ3n) is 11.2. The van der Waals surface area contributed by atoms with Crippen molar-refractivity contribution in [2.24, 2.45) is 0 Å². The van der Waals surface area contributed by atoms with Gasteiger partial charge >= 0.3 is 0 Å². The van der Waals surface area contributed by atoms with Gasteiger partial charge < -0.3 is 8.83 Å². The molecule has 0 atom stereocenters. The molecule has 4 heterocycles. The van der Waals surface area contributed by atoms with Crippen LogP contribution in [0.15, 0.2) is 161 Å². The van der Waals surface area contributed by atoms with Crippen molar-refractivity contribution in [3.63, 3.8) is 0 Å². The van der Waals surface area contributed by atoms with Gasteiger partial charge in [0.05, 0.1) is 0 Å². The Morgan fingerprint density at radius 1 is 0.586 bits per heavy atom. The summed E-state index contributed by atoms with van der Waals surface area (Å²) in [4.78, 5) is 17.2. The summed E-state index contributed by atoms with van der Waals surface area (Å²) in [6.07, 6.45) is 10.9. The van der Waals surface area contributed by atoms with Crippen molar-refractivity contribution < 1.29 is 8.83 Å². The van der Waals surface area contributed by atoms with E-state index in [1.165, 1.54) is 20.5 Å². The van der Waals surface area contributed by atoms with E-state index in [2.05, 4.69) is 116 Å². The van der Waals surface area contributed by atoms with E-state index in [0.717, 1.165) is 89.8 Å². The highest BCUT2D eigenvalue weighted by atomic mass is 32.1. The highest BCUT2D eigenvalue weighted by Gasteiger charge is 2.24. The Hall–Kier alpha value is -7.15. The standard InChI is InChI=1S/C52H35N3O2S/c1-32-38-16-6-10-20-43(38)56-42(32)19-9-5-15-35-28-30-45-49(41-18-7-11-21-44(41)57-45)48(35)52-54-50(36-25-23-34(24-26-36)33-13-3-2-4-14-33)53-51(55-52)37-27-29-40-39-17-8-12-22-46(39)58-47(40)31-37/h2-14,16-26,28,30-31H,1,15,27,29H2/b9-5-,42-19+. The van der Waals surface area contributed by atoms with E-state index in [-0.39, 0.29) is 0 Å². The van der Waals surface area contributed by atoms with Crippen LogP contribution >= 0.6 is 11.3 Å². The van der Waals surface area contributed by atoms with Crippen LogP contribution in [-0.4, -0.2) is 15.0 Å². The van der Waals surface area contributed by atoms with Crippen LogP contribution in [0, 0.1) is 0 Å². The van der Waals surface area contributed by atoms with E-state index in [0.29, 0.717) is 23.9 Å². The topological polar surface area (TPSA) is 65.0 Å². The molecule has 0 N–H and O–H groups in total. The SMILES string of the molecule is C=c1/c(=C\C=C/Cc2ccc3oc4ccccc4c3c2-c2nc(C3=Cc4sc5ccccc5c4CC3)nc(-c3ccc(-c4ccccc4)cc3)n2)oc2ccccc12. The lowest BCUT2D eigenvalue weighted by Crippen LogP contribution is -2.17. The number of fused-ring (bicyclic) bond motifs is 7. The minimum Gasteiger partial charge on any atom is -0.456 e. The summed E-state index contributed by atoms with van der Waals surface area (Å²) >= 11 is 1.84. The van der Waals surface area contributed by atoms with Gasteiger partial charge in [-0.3, -0.25) is 0 Å². The van der Waals surface area contributed by atoms with Crippen molar-refractivity contribution in [3.05, 3.63) is 184 Å². The second-order valence-corrected chi connectivity index (χ2v) is 15.8. The molecular formula is C52H35N3O2S. The normalized spacial score (nSPS) is 13.3. The Bertz CT molecular complexity index is 3390. The fourth-order valence-corrected chi connectivity index (χ4v) is 9.47. The number of hydrogen-bond acceptors (Lipinski definition) is 6. The van der Waals surface area contributed by atoms with Gasteiger partial charge in [0.15, 0.2) is 17.5 Å². The second kappa shape index (κ2) is 14.1. The number of hydrogen-bond donors (Lipinski definition) is 0. The van der Waals surface area contributed by atoms with Crippen LogP contribution in [0.25, 0.3) is 101 Å². The second-order valence-electron chi connectivity index (χ2n) is 14.7. The van der Waals surface area contributed by atoms with Crippen molar-refractivity contribution in [3.8, 4) is 33.9 Å². The van der Waals surface area contributed by atoms with E-state index >= 15 is 0 Å². The number of nitrogens with zero attached hydrogens (tertiary/aromatic N) is 3. The average molecular weight is 766 g/mol. The number of rotatable bonds is 7. The molecule has 0 fully saturated rings. The first kappa shape index (κ1) is 34.1. The summed E-state index contributed by atoms with van der Waals surface area (Å²) in [5.74, 6) is 1.95. The summed E-state index contributed by atoms with van der Waals surface area (Å²) < 4.78 is 13.9. The molecule has 58 heavy (non-hydrogen) atoms. The summed E-state index contributed by atoms with van der Waals surface area (Å²) in [6.45, 7) is 4.28. The Balaban J connectivity index is 1.08. The summed E-state index contributed by atoms with van der Waals surface area (Å²) in [6, 6.07) is 48.1. The molecule has 11 rings (SSSR count). The van der Waals surface area contributed by atoms with Gasteiger partial charge in [0.1, 0.15) is 22.2 Å². The molecule has 0 radical (unpaired) electrons. The predicted octanol–water partition coefficient (Wildman–Crippen LogP) is 12.2. The minimum atomic E-state index is 0.622. The predicted molar refractivity (Wildman–Crippen MR) is 240 cm³/mol. The lowest BCUT2D eigenvalue weighted by molar-refractivity contribution is 0.576. The molecule has 6 heteroatoms. The van der Waals surface area contributed by atoms with Gasteiger partial charge in [-0.25, -0.2) is 15.0 Å². The van der Waals surface area contributed by atoms with Crippen LogP contribution in [0.2, 0.25) is 0 Å². The number of para-hydroxylation sites is 2. The van der Waals surface area contributed by atoms with Crippen molar-refractivity contribution in [2.45, 2.75) is 19.3 Å². The van der Waals surface area contributed by atoms with E-state index < -0.39 is 0 Å². The highest BCUT2D eigenvalue weighted by molar-refractivity contribution is 7.20. The molecule has 10 aromatic rings. The van der Waals surface area contributed by atoms with E-state index in [1.807, 2.05) is 66.0 Å². The van der Waals surface area contributed by atoms with Gasteiger partial charge in [-0.2, -0.15) is 0 Å². The maximum absolute atomic E-state index is 6.45. The van der Waals surface area contributed by atoms with Crippen LogP contribution in [-0.2, 0) is 12.8 Å². The molecule has 4 aromatic heterocycles. The van der Waals surface area contributed by atoms with Gasteiger partial charge in [0.25, 0.3) is 0 Å². The Kier molecular flexibility index (Phi) is 8.30. The molecule has 276 valence electrons. The molecule has 0 bridgehead atoms. The minimum absolute atomic E-state index is 0.622. The number of thiophene rings is 1. The van der Waals surface area contributed by atoms with Crippen molar-refractivity contribution in [2.75, 3.05) is 0 Å². The number of benzene rings is 6.